The third-order valence-electron chi connectivity index (χ3n) is 3.30. The second-order valence-electron chi connectivity index (χ2n) is 5.18. The minimum absolute atomic E-state index is 0.281. The van der Waals surface area contributed by atoms with E-state index in [1.807, 2.05) is 55.5 Å². The molecule has 0 radical (unpaired) electrons. The van der Waals surface area contributed by atoms with Gasteiger partial charge >= 0.3 is 6.09 Å². The third-order valence-corrected chi connectivity index (χ3v) is 3.30. The molecule has 2 aromatic carbocycles. The summed E-state index contributed by atoms with van der Waals surface area (Å²) < 4.78 is 5.15. The van der Waals surface area contributed by atoms with Gasteiger partial charge in [-0.05, 0) is 30.9 Å². The van der Waals surface area contributed by atoms with E-state index in [2.05, 4.69) is 17.4 Å². The Balaban J connectivity index is 1.70. The normalized spacial score (nSPS) is 11.0. The molecule has 0 unspecified atom stereocenters. The number of benzene rings is 2. The summed E-state index contributed by atoms with van der Waals surface area (Å²) >= 11 is 0. The number of amides is 1. The largest absolute Gasteiger partial charge is 0.444 e. The topological polar surface area (TPSA) is 38.3 Å². The van der Waals surface area contributed by atoms with Gasteiger partial charge in [0.25, 0.3) is 0 Å². The third kappa shape index (κ3) is 5.83. The first kappa shape index (κ1) is 15.8. The molecule has 0 atom stereocenters. The summed E-state index contributed by atoms with van der Waals surface area (Å²) in [6.07, 6.45) is 3.16. The summed E-state index contributed by atoms with van der Waals surface area (Å²) in [4.78, 5) is 11.6. The Hall–Kier alpha value is -2.55. The predicted octanol–water partition coefficient (Wildman–Crippen LogP) is 4.45. The molecular formula is C19H21NO2. The van der Waals surface area contributed by atoms with E-state index >= 15 is 0 Å². The van der Waals surface area contributed by atoms with Crippen LogP contribution in [0.5, 0.6) is 0 Å². The first-order valence-corrected chi connectivity index (χ1v) is 7.41. The number of aryl methyl sites for hydroxylation is 1. The van der Waals surface area contributed by atoms with Crippen molar-refractivity contribution in [3.05, 3.63) is 83.6 Å². The van der Waals surface area contributed by atoms with Crippen LogP contribution in [0.2, 0.25) is 0 Å². The number of ether oxygens (including phenoxy) is 1. The molecule has 2 aromatic rings. The summed E-state index contributed by atoms with van der Waals surface area (Å²) in [6, 6.07) is 19.9. The summed E-state index contributed by atoms with van der Waals surface area (Å²) in [7, 11) is 0. The SMILES string of the molecule is CC(=CNC(=O)OCc1ccccc1)CCc1ccccc1. The van der Waals surface area contributed by atoms with Gasteiger partial charge in [-0.2, -0.15) is 0 Å². The van der Waals surface area contributed by atoms with E-state index in [0.29, 0.717) is 0 Å². The number of alkyl carbamates (subject to hydrolysis) is 1. The molecule has 0 heterocycles. The van der Waals surface area contributed by atoms with Crippen LogP contribution < -0.4 is 5.32 Å². The van der Waals surface area contributed by atoms with Crippen LogP contribution >= 0.6 is 0 Å². The van der Waals surface area contributed by atoms with Crippen molar-refractivity contribution in [2.75, 3.05) is 0 Å². The lowest BCUT2D eigenvalue weighted by molar-refractivity contribution is 0.143. The smallest absolute Gasteiger partial charge is 0.411 e. The van der Waals surface area contributed by atoms with Crippen molar-refractivity contribution in [3.8, 4) is 0 Å². The highest BCUT2D eigenvalue weighted by Crippen LogP contribution is 2.08. The Kier molecular flexibility index (Phi) is 6.24. The second-order valence-corrected chi connectivity index (χ2v) is 5.18. The molecule has 114 valence electrons. The fourth-order valence-corrected chi connectivity index (χ4v) is 2.01. The van der Waals surface area contributed by atoms with E-state index in [1.165, 1.54) is 5.56 Å². The van der Waals surface area contributed by atoms with Crippen molar-refractivity contribution in [1.29, 1.82) is 0 Å². The highest BCUT2D eigenvalue weighted by Gasteiger charge is 2.00. The van der Waals surface area contributed by atoms with Gasteiger partial charge < -0.3 is 4.74 Å². The van der Waals surface area contributed by atoms with Crippen LogP contribution in [0.4, 0.5) is 4.79 Å². The molecule has 0 aliphatic rings. The lowest BCUT2D eigenvalue weighted by Gasteiger charge is -2.06. The summed E-state index contributed by atoms with van der Waals surface area (Å²) in [5, 5.41) is 2.67. The molecule has 22 heavy (non-hydrogen) atoms. The molecule has 0 bridgehead atoms. The summed E-state index contributed by atoms with van der Waals surface area (Å²) in [6.45, 7) is 2.28. The van der Waals surface area contributed by atoms with E-state index in [0.717, 1.165) is 24.0 Å². The number of hydrogen-bond acceptors (Lipinski definition) is 2. The quantitative estimate of drug-likeness (QED) is 0.855. The average Bonchev–Trinajstić information content (AvgIpc) is 2.58. The predicted molar refractivity (Wildman–Crippen MR) is 88.3 cm³/mol. The molecule has 0 aliphatic heterocycles. The zero-order chi connectivity index (χ0) is 15.6. The molecule has 0 aliphatic carbocycles. The molecule has 2 rings (SSSR count). The van der Waals surface area contributed by atoms with Crippen molar-refractivity contribution in [2.45, 2.75) is 26.4 Å². The lowest BCUT2D eigenvalue weighted by atomic mass is 10.1. The maximum Gasteiger partial charge on any atom is 0.411 e. The van der Waals surface area contributed by atoms with Gasteiger partial charge in [-0.1, -0.05) is 66.2 Å². The highest BCUT2D eigenvalue weighted by atomic mass is 16.5. The Morgan fingerprint density at radius 3 is 2.23 bits per heavy atom. The first-order valence-electron chi connectivity index (χ1n) is 7.41. The van der Waals surface area contributed by atoms with Crippen LogP contribution in [0, 0.1) is 0 Å². The van der Waals surface area contributed by atoms with Crippen molar-refractivity contribution in [2.24, 2.45) is 0 Å². The van der Waals surface area contributed by atoms with E-state index in [-0.39, 0.29) is 6.61 Å². The highest BCUT2D eigenvalue weighted by molar-refractivity contribution is 5.68. The second kappa shape index (κ2) is 8.67. The van der Waals surface area contributed by atoms with E-state index in [9.17, 15) is 4.79 Å². The van der Waals surface area contributed by atoms with Gasteiger partial charge in [0, 0.05) is 6.20 Å². The number of nitrogens with one attached hydrogen (secondary N) is 1. The molecule has 1 amide bonds. The average molecular weight is 295 g/mol. The van der Waals surface area contributed by atoms with Crippen LogP contribution in [-0.4, -0.2) is 6.09 Å². The standard InChI is InChI=1S/C19H21NO2/c1-16(12-13-17-8-4-2-5-9-17)14-20-19(21)22-15-18-10-6-3-7-11-18/h2-11,14H,12-13,15H2,1H3,(H,20,21). The molecule has 0 saturated heterocycles. The summed E-state index contributed by atoms with van der Waals surface area (Å²) in [5.74, 6) is 0. The van der Waals surface area contributed by atoms with Crippen molar-refractivity contribution in [3.63, 3.8) is 0 Å². The van der Waals surface area contributed by atoms with Gasteiger partial charge in [0.05, 0.1) is 0 Å². The number of rotatable bonds is 6. The van der Waals surface area contributed by atoms with Crippen molar-refractivity contribution >= 4 is 6.09 Å². The Labute approximate surface area is 131 Å². The Morgan fingerprint density at radius 2 is 1.59 bits per heavy atom. The molecular weight excluding hydrogens is 274 g/mol. The molecule has 0 aromatic heterocycles. The first-order chi connectivity index (χ1) is 10.7. The maximum absolute atomic E-state index is 11.6. The van der Waals surface area contributed by atoms with Gasteiger partial charge in [0.2, 0.25) is 0 Å². The van der Waals surface area contributed by atoms with E-state index < -0.39 is 6.09 Å². The van der Waals surface area contributed by atoms with Crippen molar-refractivity contribution < 1.29 is 9.53 Å². The fraction of sp³-hybridized carbons (Fsp3) is 0.211. The van der Waals surface area contributed by atoms with Crippen LogP contribution in [0.25, 0.3) is 0 Å². The lowest BCUT2D eigenvalue weighted by Crippen LogP contribution is -2.18. The minimum atomic E-state index is -0.428. The monoisotopic (exact) mass is 295 g/mol. The van der Waals surface area contributed by atoms with Crippen LogP contribution in [0.15, 0.2) is 72.4 Å². The van der Waals surface area contributed by atoms with Crippen LogP contribution in [-0.2, 0) is 17.8 Å². The maximum atomic E-state index is 11.6. The number of hydrogen-bond donors (Lipinski definition) is 1. The molecule has 0 spiro atoms. The molecule has 0 saturated carbocycles. The number of allylic oxidation sites excluding steroid dienone is 1. The van der Waals surface area contributed by atoms with Crippen molar-refractivity contribution in [1.82, 2.24) is 5.32 Å². The van der Waals surface area contributed by atoms with Gasteiger partial charge in [-0.25, -0.2) is 4.79 Å². The summed E-state index contributed by atoms with van der Waals surface area (Å²) in [5.41, 5.74) is 3.38. The van der Waals surface area contributed by atoms with E-state index in [4.69, 9.17) is 4.74 Å². The van der Waals surface area contributed by atoms with Gasteiger partial charge in [-0.15, -0.1) is 0 Å². The fourth-order valence-electron chi connectivity index (χ4n) is 2.01. The number of carbonyl (C=O) groups is 1. The van der Waals surface area contributed by atoms with E-state index in [1.54, 1.807) is 6.20 Å². The number of carbonyl (C=O) groups excluding carboxylic acids is 1. The Bertz CT molecular complexity index is 606. The molecule has 3 nitrogen and oxygen atoms in total. The molecule has 1 N–H and O–H groups in total. The van der Waals surface area contributed by atoms with Gasteiger partial charge in [0.15, 0.2) is 0 Å². The van der Waals surface area contributed by atoms with Crippen LogP contribution in [0.3, 0.4) is 0 Å². The molecule has 3 heteroatoms. The zero-order valence-electron chi connectivity index (χ0n) is 12.8. The Morgan fingerprint density at radius 1 is 1.00 bits per heavy atom. The van der Waals surface area contributed by atoms with Crippen LogP contribution in [0.1, 0.15) is 24.5 Å². The zero-order valence-corrected chi connectivity index (χ0v) is 12.8. The molecule has 0 fully saturated rings. The minimum Gasteiger partial charge on any atom is -0.444 e. The van der Waals surface area contributed by atoms with Gasteiger partial charge in [0.1, 0.15) is 6.61 Å². The van der Waals surface area contributed by atoms with Gasteiger partial charge in [-0.3, -0.25) is 5.32 Å².